The van der Waals surface area contributed by atoms with Crippen molar-refractivity contribution in [3.63, 3.8) is 0 Å². The summed E-state index contributed by atoms with van der Waals surface area (Å²) >= 11 is 0. The molecule has 0 amide bonds. The van der Waals surface area contributed by atoms with Gasteiger partial charge in [-0.25, -0.2) is 9.59 Å². The molecule has 0 radical (unpaired) electrons. The molecule has 12 heteroatoms. The number of carbonyl (C=O) groups is 4. The van der Waals surface area contributed by atoms with Crippen LogP contribution in [0.2, 0.25) is 0 Å². The van der Waals surface area contributed by atoms with Crippen molar-refractivity contribution in [3.05, 3.63) is 40.7 Å². The Bertz CT molecular complexity index is 1260. The van der Waals surface area contributed by atoms with E-state index in [2.05, 4.69) is 4.90 Å². The number of aliphatic carboxylic acids is 2. The molecule has 4 aliphatic rings. The predicted octanol–water partition coefficient (Wildman–Crippen LogP) is 0.0380. The minimum Gasteiger partial charge on any atom is -0.481 e. The average molecular weight is 532 g/mol. The fourth-order valence-electron chi connectivity index (χ4n) is 6.66. The van der Waals surface area contributed by atoms with Crippen LogP contribution in [0.25, 0.3) is 0 Å². The van der Waals surface area contributed by atoms with E-state index in [0.29, 0.717) is 25.1 Å². The zero-order chi connectivity index (χ0) is 27.6. The average Bonchev–Trinajstić information content (AvgIpc) is 3.20. The first-order valence-electron chi connectivity index (χ1n) is 12.4. The molecule has 5 rings (SSSR count). The van der Waals surface area contributed by atoms with Gasteiger partial charge in [0.05, 0.1) is 24.3 Å². The molecule has 2 heterocycles. The number of likely N-dealkylation sites (tertiary alicyclic amines) is 1. The summed E-state index contributed by atoms with van der Waals surface area (Å²) in [5.41, 5.74) is 0.473. The Labute approximate surface area is 217 Å². The van der Waals surface area contributed by atoms with Gasteiger partial charge in [-0.05, 0) is 50.6 Å². The Morgan fingerprint density at radius 1 is 1.11 bits per heavy atom. The highest BCUT2D eigenvalue weighted by molar-refractivity contribution is 5.82. The molecule has 4 N–H and O–H groups in total. The summed E-state index contributed by atoms with van der Waals surface area (Å²) in [7, 11) is 1.91. The first kappa shape index (κ1) is 26.1. The fourth-order valence-corrected chi connectivity index (χ4v) is 6.66. The third kappa shape index (κ3) is 3.69. The summed E-state index contributed by atoms with van der Waals surface area (Å²) in [6.07, 6.45) is -3.58. The topological polar surface area (TPSA) is 180 Å². The number of carboxylic acids is 2. The SMILES string of the molecule is Cc1ccc2c3c1O[C@H]1C(OC(=O)C[C@H](O)C(=O)O)=CC[C@@]4(OC(=O)C[C@H](O)C(=O)O)[C@@H](C2)N(C)CC[C@]314. The van der Waals surface area contributed by atoms with Crippen molar-refractivity contribution in [1.29, 1.82) is 0 Å². The van der Waals surface area contributed by atoms with Gasteiger partial charge in [-0.2, -0.15) is 0 Å². The van der Waals surface area contributed by atoms with Crippen LogP contribution in [-0.4, -0.2) is 92.8 Å². The Morgan fingerprint density at radius 2 is 1.76 bits per heavy atom. The number of aliphatic hydroxyl groups excluding tert-OH is 2. The fraction of sp³-hybridized carbons (Fsp3) is 0.538. The van der Waals surface area contributed by atoms with E-state index < -0.39 is 66.0 Å². The van der Waals surface area contributed by atoms with Crippen LogP contribution in [0.3, 0.4) is 0 Å². The van der Waals surface area contributed by atoms with Crippen molar-refractivity contribution < 1.29 is 53.8 Å². The van der Waals surface area contributed by atoms with E-state index in [1.165, 1.54) is 0 Å². The van der Waals surface area contributed by atoms with Crippen LogP contribution >= 0.6 is 0 Å². The van der Waals surface area contributed by atoms with Gasteiger partial charge in [0.2, 0.25) is 0 Å². The van der Waals surface area contributed by atoms with Crippen LogP contribution in [0.4, 0.5) is 0 Å². The Balaban J connectivity index is 1.60. The smallest absolute Gasteiger partial charge is 0.333 e. The molecule has 12 nitrogen and oxygen atoms in total. The Kier molecular flexibility index (Phi) is 6.24. The number of carboxylic acid groups (broad SMARTS) is 2. The van der Waals surface area contributed by atoms with Crippen molar-refractivity contribution in [3.8, 4) is 5.75 Å². The molecule has 1 aromatic rings. The molecule has 1 saturated heterocycles. The standard InChI is InChI=1S/C26H29NO11/c1-12-3-4-13-9-17-26(38-19(31)11-15(29)24(34)35)6-5-16(36-18(30)10-14(28)23(32)33)22-25(26,7-8-27(17)2)20(13)21(12)37-22/h3-5,14-15,17,22,28-29H,6-11H2,1-2H3,(H,32,33)(H,34,35)/t14-,15-,17+,22-,25-,26+/m0/s1. The van der Waals surface area contributed by atoms with Crippen LogP contribution in [0, 0.1) is 6.92 Å². The number of esters is 2. The summed E-state index contributed by atoms with van der Waals surface area (Å²) in [4.78, 5) is 49.9. The maximum absolute atomic E-state index is 13.1. The highest BCUT2D eigenvalue weighted by Crippen LogP contribution is 2.65. The number of ether oxygens (including phenoxy) is 3. The van der Waals surface area contributed by atoms with Crippen molar-refractivity contribution >= 4 is 23.9 Å². The second-order valence-corrected chi connectivity index (χ2v) is 10.4. The molecule has 2 bridgehead atoms. The molecule has 0 saturated carbocycles. The molecule has 2 aliphatic carbocycles. The van der Waals surface area contributed by atoms with Crippen molar-refractivity contribution in [2.24, 2.45) is 0 Å². The zero-order valence-corrected chi connectivity index (χ0v) is 20.9. The number of hydrogen-bond acceptors (Lipinski definition) is 10. The lowest BCUT2D eigenvalue weighted by Crippen LogP contribution is -2.75. The quantitative estimate of drug-likeness (QED) is 0.331. The Morgan fingerprint density at radius 3 is 2.42 bits per heavy atom. The van der Waals surface area contributed by atoms with Gasteiger partial charge in [-0.15, -0.1) is 0 Å². The van der Waals surface area contributed by atoms with Gasteiger partial charge in [0.1, 0.15) is 17.1 Å². The normalized spacial score (nSPS) is 30.3. The van der Waals surface area contributed by atoms with Crippen LogP contribution < -0.4 is 4.74 Å². The summed E-state index contributed by atoms with van der Waals surface area (Å²) < 4.78 is 18.2. The molecule has 0 unspecified atom stereocenters. The van der Waals surface area contributed by atoms with Crippen molar-refractivity contribution in [1.82, 2.24) is 4.90 Å². The number of rotatable bonds is 8. The van der Waals surface area contributed by atoms with Gasteiger partial charge in [0.25, 0.3) is 0 Å². The first-order chi connectivity index (χ1) is 17.9. The molecular weight excluding hydrogens is 502 g/mol. The summed E-state index contributed by atoms with van der Waals surface area (Å²) in [5.74, 6) is -4.18. The van der Waals surface area contributed by atoms with E-state index in [4.69, 9.17) is 24.4 Å². The molecule has 6 atom stereocenters. The summed E-state index contributed by atoms with van der Waals surface area (Å²) in [6, 6.07) is 3.61. The molecule has 2 aliphatic heterocycles. The van der Waals surface area contributed by atoms with Crippen LogP contribution in [-0.2, 0) is 40.5 Å². The van der Waals surface area contributed by atoms with Crippen molar-refractivity contribution in [2.45, 2.75) is 74.4 Å². The number of carbonyl (C=O) groups excluding carboxylic acids is 2. The van der Waals surface area contributed by atoms with Crippen LogP contribution in [0.5, 0.6) is 5.75 Å². The molecule has 38 heavy (non-hydrogen) atoms. The largest absolute Gasteiger partial charge is 0.481 e. The second-order valence-electron chi connectivity index (χ2n) is 10.4. The third-order valence-electron chi connectivity index (χ3n) is 8.35. The summed E-state index contributed by atoms with van der Waals surface area (Å²) in [6.45, 7) is 2.48. The second kappa shape index (κ2) is 9.07. The number of aryl methyl sites for hydroxylation is 1. The molecule has 204 valence electrons. The maximum atomic E-state index is 13.1. The molecule has 1 spiro atoms. The first-order valence-corrected chi connectivity index (χ1v) is 12.4. The summed E-state index contributed by atoms with van der Waals surface area (Å²) in [5, 5.41) is 37.5. The van der Waals surface area contributed by atoms with Gasteiger partial charge in [0, 0.05) is 12.0 Å². The predicted molar refractivity (Wildman–Crippen MR) is 126 cm³/mol. The third-order valence-corrected chi connectivity index (χ3v) is 8.35. The van der Waals surface area contributed by atoms with Gasteiger partial charge >= 0.3 is 23.9 Å². The van der Waals surface area contributed by atoms with E-state index in [1.54, 1.807) is 6.08 Å². The van der Waals surface area contributed by atoms with Gasteiger partial charge < -0.3 is 34.6 Å². The molecule has 1 aromatic carbocycles. The monoisotopic (exact) mass is 531 g/mol. The van der Waals surface area contributed by atoms with E-state index in [9.17, 15) is 29.4 Å². The molecular formula is C26H29NO11. The number of hydrogen-bond donors (Lipinski definition) is 4. The highest BCUT2D eigenvalue weighted by Gasteiger charge is 2.74. The van der Waals surface area contributed by atoms with E-state index in [0.717, 1.165) is 16.7 Å². The van der Waals surface area contributed by atoms with E-state index >= 15 is 0 Å². The van der Waals surface area contributed by atoms with E-state index in [1.807, 2.05) is 26.1 Å². The van der Waals surface area contributed by atoms with E-state index in [-0.39, 0.29) is 18.2 Å². The maximum Gasteiger partial charge on any atom is 0.333 e. The number of nitrogens with zero attached hydrogens (tertiary/aromatic N) is 1. The highest BCUT2D eigenvalue weighted by atomic mass is 16.6. The minimum absolute atomic E-state index is 0.105. The Hall–Kier alpha value is -3.48. The number of benzene rings is 1. The lowest BCUT2D eigenvalue weighted by Gasteiger charge is -2.62. The number of aliphatic hydroxyl groups is 2. The molecule has 0 aromatic heterocycles. The number of piperidine rings is 1. The van der Waals surface area contributed by atoms with Gasteiger partial charge in [-0.1, -0.05) is 12.1 Å². The van der Waals surface area contributed by atoms with Crippen molar-refractivity contribution in [2.75, 3.05) is 13.6 Å². The lowest BCUT2D eigenvalue weighted by molar-refractivity contribution is -0.208. The molecule has 1 fully saturated rings. The zero-order valence-electron chi connectivity index (χ0n) is 20.9. The number of likely N-dealkylation sites (N-methyl/N-ethyl adjacent to an activating group) is 1. The van der Waals surface area contributed by atoms with Gasteiger partial charge in [-0.3, -0.25) is 14.5 Å². The van der Waals surface area contributed by atoms with Crippen LogP contribution in [0.1, 0.15) is 42.4 Å². The van der Waals surface area contributed by atoms with Crippen LogP contribution in [0.15, 0.2) is 24.0 Å². The van der Waals surface area contributed by atoms with Gasteiger partial charge in [0.15, 0.2) is 18.3 Å². The minimum atomic E-state index is -1.93. The lowest BCUT2D eigenvalue weighted by atomic mass is 9.50.